The van der Waals surface area contributed by atoms with Gasteiger partial charge in [0, 0.05) is 37.1 Å². The molecule has 0 spiro atoms. The average molecular weight is 972 g/mol. The van der Waals surface area contributed by atoms with Crippen molar-refractivity contribution in [2.45, 2.75) is 122 Å². The van der Waals surface area contributed by atoms with E-state index in [4.69, 9.17) is 10.5 Å². The van der Waals surface area contributed by atoms with Crippen LogP contribution in [0.3, 0.4) is 0 Å². The van der Waals surface area contributed by atoms with Crippen molar-refractivity contribution >= 4 is 69.1 Å². The van der Waals surface area contributed by atoms with Gasteiger partial charge >= 0.3 is 0 Å². The van der Waals surface area contributed by atoms with Crippen LogP contribution in [0.4, 0.5) is 5.82 Å². The van der Waals surface area contributed by atoms with Gasteiger partial charge in [-0.25, -0.2) is 19.3 Å². The predicted molar refractivity (Wildman–Crippen MR) is 219 cm³/mol. The molecule has 0 bridgehead atoms. The molecule has 2 aromatic heterocycles. The molecule has 0 aliphatic carbocycles. The summed E-state index contributed by atoms with van der Waals surface area (Å²) in [7, 11) is -17.6. The van der Waals surface area contributed by atoms with Gasteiger partial charge in [0.1, 0.15) is 36.3 Å². The fourth-order valence-electron chi connectivity index (χ4n) is 5.96. The number of nitrogens with two attached hydrogens (primary N) is 1. The summed E-state index contributed by atoms with van der Waals surface area (Å²) in [4.78, 5) is 96.6. The van der Waals surface area contributed by atoms with Crippen LogP contribution < -0.4 is 35.9 Å². The zero-order valence-corrected chi connectivity index (χ0v) is 38.6. The number of ether oxygens (including phenoxy) is 1. The second-order valence-electron chi connectivity index (χ2n) is 15.1. The van der Waals surface area contributed by atoms with Crippen molar-refractivity contribution in [1.82, 2.24) is 30.2 Å². The van der Waals surface area contributed by atoms with Gasteiger partial charge in [-0.1, -0.05) is 76.8 Å². The van der Waals surface area contributed by atoms with Gasteiger partial charge < -0.3 is 69.0 Å². The Labute approximate surface area is 368 Å². The topological polar surface area (TPSA) is 375 Å². The Bertz CT molecular complexity index is 1970. The van der Waals surface area contributed by atoms with Crippen LogP contribution in [-0.4, -0.2) is 103 Å². The molecule has 7 atom stereocenters. The van der Waals surface area contributed by atoms with E-state index in [0.717, 1.165) is 73.9 Å². The van der Waals surface area contributed by atoms with Crippen molar-refractivity contribution < 1.29 is 80.5 Å². The van der Waals surface area contributed by atoms with Crippen LogP contribution in [0.5, 0.6) is 0 Å². The average Bonchev–Trinajstić information content (AvgIpc) is 3.76. The number of anilines is 1. The number of thioether (sulfide) groups is 1. The molecule has 1 aliphatic rings. The van der Waals surface area contributed by atoms with Crippen molar-refractivity contribution in [3.05, 3.63) is 24.8 Å². The lowest BCUT2D eigenvalue weighted by Gasteiger charge is -2.36. The minimum Gasteiger partial charge on any atom is -0.790 e. The first-order valence-corrected chi connectivity index (χ1v) is 25.5. The van der Waals surface area contributed by atoms with Gasteiger partial charge in [-0.05, 0) is 25.7 Å². The van der Waals surface area contributed by atoms with Gasteiger partial charge in [0.05, 0.1) is 27.4 Å². The quantitative estimate of drug-likeness (QED) is 0.0407. The lowest BCUT2D eigenvalue weighted by molar-refractivity contribution is -0.347. The predicted octanol–water partition coefficient (Wildman–Crippen LogP) is 0.614. The lowest BCUT2D eigenvalue weighted by Crippen LogP contribution is -2.46. The van der Waals surface area contributed by atoms with Crippen molar-refractivity contribution in [2.75, 3.05) is 37.8 Å². The number of fused-ring (bicyclic) bond motifs is 1. The number of nitrogens with one attached hydrogen (secondary N) is 2. The number of imidazole rings is 1. The van der Waals surface area contributed by atoms with Crippen molar-refractivity contribution in [3.63, 3.8) is 0 Å². The molecule has 24 nitrogen and oxygen atoms in total. The fourth-order valence-corrected chi connectivity index (χ4v) is 9.42. The normalized spacial score (nSPS) is 20.7. The van der Waals surface area contributed by atoms with Crippen molar-refractivity contribution in [1.29, 1.82) is 0 Å². The summed E-state index contributed by atoms with van der Waals surface area (Å²) < 4.78 is 60.7. The van der Waals surface area contributed by atoms with Gasteiger partial charge in [-0.3, -0.25) is 28.1 Å². The molecule has 1 saturated heterocycles. The van der Waals surface area contributed by atoms with Gasteiger partial charge in [0.15, 0.2) is 22.8 Å². The molecule has 3 heterocycles. The van der Waals surface area contributed by atoms with E-state index in [-0.39, 0.29) is 41.6 Å². The second-order valence-corrected chi connectivity index (χ2v) is 20.3. The molecule has 358 valence electrons. The van der Waals surface area contributed by atoms with Crippen LogP contribution in [0.2, 0.25) is 0 Å². The monoisotopic (exact) mass is 971 g/mol. The number of aromatic nitrogens is 4. The Morgan fingerprint density at radius 1 is 0.968 bits per heavy atom. The number of nitrogens with zero attached hydrogens (tertiary/aromatic N) is 4. The SMILES string of the molecule is CCCC/C=C/CCCCCCCC(=O)SCCNC(=O)CCNC(=O)[C@H](O)C(C)(C)COP(=O)([O-])OP(=O)([O-])OC[C@H]1O[C@@H](n2cnc3c(N)ncnc32)[C@H](O)[C@@H]1OP(=O)([O-])[O-]. The molecule has 63 heavy (non-hydrogen) atoms. The van der Waals surface area contributed by atoms with Crippen LogP contribution in [0.15, 0.2) is 24.8 Å². The van der Waals surface area contributed by atoms with Crippen LogP contribution in [0.25, 0.3) is 11.2 Å². The molecule has 1 aliphatic heterocycles. The number of nitrogen functional groups attached to an aromatic ring is 1. The Morgan fingerprint density at radius 2 is 1.63 bits per heavy atom. The molecule has 2 aromatic rings. The van der Waals surface area contributed by atoms with Crippen molar-refractivity contribution in [2.24, 2.45) is 5.41 Å². The smallest absolute Gasteiger partial charge is 0.274 e. The third kappa shape index (κ3) is 19.4. The van der Waals surface area contributed by atoms with Gasteiger partial charge in [0.25, 0.3) is 15.6 Å². The van der Waals surface area contributed by atoms with E-state index < -0.39 is 84.6 Å². The number of aliphatic hydroxyl groups excluding tert-OH is 2. The number of allylic oxidation sites excluding steroid dienone is 2. The minimum absolute atomic E-state index is 0.0193. The molecule has 2 amide bonds. The number of phosphoric ester groups is 3. The highest BCUT2D eigenvalue weighted by atomic mass is 32.2. The maximum atomic E-state index is 12.6. The Balaban J connectivity index is 1.36. The summed E-state index contributed by atoms with van der Waals surface area (Å²) in [5.41, 5.74) is 4.09. The summed E-state index contributed by atoms with van der Waals surface area (Å²) in [5, 5.41) is 26.4. The minimum atomic E-state index is -5.92. The zero-order valence-electron chi connectivity index (χ0n) is 35.1. The highest BCUT2D eigenvalue weighted by molar-refractivity contribution is 8.13. The standard InChI is InChI=1S/C35H60N7O17P3S/c1-4-5-6-7-8-9-10-11-12-13-14-15-26(44)63-19-18-37-25(43)16-17-38-33(47)30(46)35(2,3)21-56-62(53,54)59-61(51,52)55-20-24-29(58-60(48,49)50)28(45)34(57-24)42-23-41-27-31(36)39-22-40-32(27)42/h7-8,22-24,28-30,34,45-46H,4-6,9-21H2,1-3H3,(H,37,43)(H,38,47)(H,51,52)(H,53,54)(H2,36,39,40)(H2,48,49,50)/p-4/b8-7+/t24-,28-,29-,30+,34-/m1/s1. The van der Waals surface area contributed by atoms with Crippen LogP contribution in [-0.2, 0) is 50.7 Å². The molecule has 1 fully saturated rings. The summed E-state index contributed by atoms with van der Waals surface area (Å²) >= 11 is 1.13. The van der Waals surface area contributed by atoms with Crippen LogP contribution in [0.1, 0.15) is 97.6 Å². The first kappa shape index (κ1) is 54.6. The molecule has 0 saturated carbocycles. The number of aliphatic hydroxyl groups is 2. The molecule has 0 radical (unpaired) electrons. The number of unbranched alkanes of at least 4 members (excludes halogenated alkanes) is 7. The summed E-state index contributed by atoms with van der Waals surface area (Å²) in [6, 6.07) is 0. The van der Waals surface area contributed by atoms with E-state index in [1.165, 1.54) is 26.7 Å². The Morgan fingerprint density at radius 3 is 2.33 bits per heavy atom. The third-order valence-corrected chi connectivity index (χ3v) is 13.3. The number of carbonyl (C=O) groups excluding carboxylic acids is 3. The highest BCUT2D eigenvalue weighted by Gasteiger charge is 2.47. The lowest BCUT2D eigenvalue weighted by atomic mass is 9.87. The van der Waals surface area contributed by atoms with Gasteiger partial charge in [-0.2, -0.15) is 0 Å². The maximum absolute atomic E-state index is 12.6. The molecule has 6 N–H and O–H groups in total. The van der Waals surface area contributed by atoms with E-state index >= 15 is 0 Å². The molecular formula is C35H56N7O17P3S-4. The van der Waals surface area contributed by atoms with Gasteiger partial charge in [-0.15, -0.1) is 0 Å². The number of phosphoric acid groups is 3. The van der Waals surface area contributed by atoms with Crippen LogP contribution in [0, 0.1) is 5.41 Å². The number of amides is 2. The Kier molecular flexibility index (Phi) is 22.4. The number of rotatable bonds is 30. The highest BCUT2D eigenvalue weighted by Crippen LogP contribution is 2.56. The zero-order chi connectivity index (χ0) is 46.8. The second kappa shape index (κ2) is 25.9. The van der Waals surface area contributed by atoms with E-state index in [1.807, 2.05) is 0 Å². The summed E-state index contributed by atoms with van der Waals surface area (Å²) in [6.45, 7) is 2.33. The third-order valence-electron chi connectivity index (χ3n) is 9.38. The number of carbonyl (C=O) groups is 3. The van der Waals surface area contributed by atoms with E-state index in [1.54, 1.807) is 0 Å². The molecule has 2 unspecified atom stereocenters. The van der Waals surface area contributed by atoms with E-state index in [0.29, 0.717) is 12.2 Å². The van der Waals surface area contributed by atoms with Gasteiger partial charge in [0.2, 0.25) is 11.8 Å². The fraction of sp³-hybridized carbons (Fsp3) is 0.714. The molecule has 28 heteroatoms. The van der Waals surface area contributed by atoms with Crippen molar-refractivity contribution in [3.8, 4) is 0 Å². The largest absolute Gasteiger partial charge is 0.790 e. The van der Waals surface area contributed by atoms with Crippen LogP contribution >= 0.6 is 35.2 Å². The molecule has 3 rings (SSSR count). The van der Waals surface area contributed by atoms with E-state index in [2.05, 4.69) is 62.5 Å². The molecule has 0 aromatic carbocycles. The van der Waals surface area contributed by atoms with E-state index in [9.17, 15) is 57.9 Å². The first-order valence-electron chi connectivity index (χ1n) is 20.2. The number of hydrogen-bond donors (Lipinski definition) is 5. The summed E-state index contributed by atoms with van der Waals surface area (Å²) in [5.74, 6) is -1.15. The maximum Gasteiger partial charge on any atom is 0.274 e. The summed E-state index contributed by atoms with van der Waals surface area (Å²) in [6.07, 6.45) is 7.15. The Hall–Kier alpha value is -2.70. The number of hydrogen-bond acceptors (Lipinski definition) is 22. The first-order chi connectivity index (χ1) is 29.6. The molecular weight excluding hydrogens is 915 g/mol.